The van der Waals surface area contributed by atoms with Gasteiger partial charge in [0, 0.05) is 20.2 Å². The molecular weight excluding hydrogens is 308 g/mol. The van der Waals surface area contributed by atoms with Gasteiger partial charge in [-0.2, -0.15) is 5.10 Å². The fourth-order valence-electron chi connectivity index (χ4n) is 3.36. The molecule has 0 aliphatic carbocycles. The summed E-state index contributed by atoms with van der Waals surface area (Å²) in [5, 5.41) is 4.48. The minimum Gasteiger partial charge on any atom is -0.463 e. The van der Waals surface area contributed by atoms with Crippen LogP contribution in [0.15, 0.2) is 10.5 Å². The number of ether oxygens (including phenoxy) is 1. The van der Waals surface area contributed by atoms with Gasteiger partial charge >= 0.3 is 0 Å². The number of nitrogens with zero attached hydrogens (tertiary/aromatic N) is 4. The predicted molar refractivity (Wildman–Crippen MR) is 87.8 cm³/mol. The third-order valence-electron chi connectivity index (χ3n) is 4.42. The van der Waals surface area contributed by atoms with E-state index in [1.54, 1.807) is 13.2 Å². The molecule has 130 valence electrons. The van der Waals surface area contributed by atoms with Crippen molar-refractivity contribution in [2.75, 3.05) is 20.2 Å². The Bertz CT molecular complexity index is 734. The van der Waals surface area contributed by atoms with Crippen molar-refractivity contribution < 1.29 is 13.9 Å². The number of piperidine rings is 1. The number of hydrogen-bond acceptors (Lipinski definition) is 5. The largest absolute Gasteiger partial charge is 0.463 e. The lowest BCUT2D eigenvalue weighted by Crippen LogP contribution is -2.41. The van der Waals surface area contributed by atoms with Gasteiger partial charge in [-0.25, -0.2) is 9.67 Å². The van der Waals surface area contributed by atoms with Gasteiger partial charge in [0.05, 0.1) is 11.6 Å². The molecule has 0 radical (unpaired) electrons. The van der Waals surface area contributed by atoms with Crippen LogP contribution in [0.4, 0.5) is 0 Å². The van der Waals surface area contributed by atoms with Crippen molar-refractivity contribution >= 4 is 5.91 Å². The number of aryl methyl sites for hydroxylation is 3. The van der Waals surface area contributed by atoms with Crippen LogP contribution in [0, 0.1) is 20.8 Å². The van der Waals surface area contributed by atoms with E-state index >= 15 is 0 Å². The Morgan fingerprint density at radius 2 is 2.21 bits per heavy atom. The molecule has 2 aromatic heterocycles. The third-order valence-corrected chi connectivity index (χ3v) is 4.42. The number of carbonyl (C=O) groups is 1. The van der Waals surface area contributed by atoms with E-state index in [0.717, 1.165) is 31.0 Å². The van der Waals surface area contributed by atoms with E-state index in [1.807, 2.05) is 30.4 Å². The first kappa shape index (κ1) is 16.7. The summed E-state index contributed by atoms with van der Waals surface area (Å²) in [5.41, 5.74) is 0.620. The standard InChI is InChI=1S/C17H24N4O3/c1-11-16(8-15(24-11)10-23-4)17(22)20-7-5-6-14(9-20)21-13(3)18-12(2)19-21/h8,14H,5-7,9-10H2,1-4H3/t14-/m1/s1. The molecule has 1 aliphatic rings. The van der Waals surface area contributed by atoms with Crippen molar-refractivity contribution in [3.05, 3.63) is 34.8 Å². The lowest BCUT2D eigenvalue weighted by Gasteiger charge is -2.33. The molecule has 24 heavy (non-hydrogen) atoms. The topological polar surface area (TPSA) is 73.4 Å². The van der Waals surface area contributed by atoms with Gasteiger partial charge in [0.2, 0.25) is 0 Å². The highest BCUT2D eigenvalue weighted by atomic mass is 16.5. The van der Waals surface area contributed by atoms with Crippen molar-refractivity contribution in [3.63, 3.8) is 0 Å². The van der Waals surface area contributed by atoms with Crippen molar-refractivity contribution in [3.8, 4) is 0 Å². The van der Waals surface area contributed by atoms with Crippen LogP contribution in [-0.2, 0) is 11.3 Å². The minimum atomic E-state index is 0.0118. The highest BCUT2D eigenvalue weighted by molar-refractivity contribution is 5.95. The maximum atomic E-state index is 12.9. The number of likely N-dealkylation sites (tertiary alicyclic amines) is 1. The zero-order chi connectivity index (χ0) is 17.3. The average Bonchev–Trinajstić information content (AvgIpc) is 3.09. The molecule has 1 aliphatic heterocycles. The molecule has 1 fully saturated rings. The monoisotopic (exact) mass is 332 g/mol. The van der Waals surface area contributed by atoms with Crippen LogP contribution in [0.25, 0.3) is 0 Å². The maximum Gasteiger partial charge on any atom is 0.257 e. The molecule has 2 aromatic rings. The van der Waals surface area contributed by atoms with Crippen LogP contribution in [0.5, 0.6) is 0 Å². The third kappa shape index (κ3) is 3.21. The highest BCUT2D eigenvalue weighted by Crippen LogP contribution is 2.25. The zero-order valence-corrected chi connectivity index (χ0v) is 14.7. The summed E-state index contributed by atoms with van der Waals surface area (Å²) in [6.45, 7) is 7.44. The molecule has 3 rings (SSSR count). The van der Waals surface area contributed by atoms with Gasteiger partial charge in [-0.15, -0.1) is 0 Å². The lowest BCUT2D eigenvalue weighted by atomic mass is 10.0. The molecule has 7 nitrogen and oxygen atoms in total. The summed E-state index contributed by atoms with van der Waals surface area (Å²) >= 11 is 0. The van der Waals surface area contributed by atoms with E-state index in [4.69, 9.17) is 9.15 Å². The van der Waals surface area contributed by atoms with Crippen LogP contribution in [0.2, 0.25) is 0 Å². The summed E-state index contributed by atoms with van der Waals surface area (Å²) in [6.07, 6.45) is 1.96. The van der Waals surface area contributed by atoms with E-state index in [2.05, 4.69) is 10.1 Å². The number of hydrogen-bond donors (Lipinski definition) is 0. The van der Waals surface area contributed by atoms with E-state index in [0.29, 0.717) is 30.2 Å². The number of aromatic nitrogens is 3. The fourth-order valence-corrected chi connectivity index (χ4v) is 3.36. The Balaban J connectivity index is 1.77. The number of methoxy groups -OCH3 is 1. The molecule has 7 heteroatoms. The number of amides is 1. The first-order chi connectivity index (χ1) is 11.5. The SMILES string of the molecule is COCc1cc(C(=O)N2CCC[C@@H](n3nc(C)nc3C)C2)c(C)o1. The molecule has 0 aromatic carbocycles. The first-order valence-corrected chi connectivity index (χ1v) is 8.27. The van der Waals surface area contributed by atoms with E-state index in [-0.39, 0.29) is 11.9 Å². The molecule has 0 bridgehead atoms. The summed E-state index contributed by atoms with van der Waals surface area (Å²) in [4.78, 5) is 19.1. The van der Waals surface area contributed by atoms with Crippen molar-refractivity contribution in [2.24, 2.45) is 0 Å². The Kier molecular flexibility index (Phi) is 4.71. The van der Waals surface area contributed by atoms with Gasteiger partial charge in [-0.1, -0.05) is 0 Å². The van der Waals surface area contributed by atoms with E-state index < -0.39 is 0 Å². The fraction of sp³-hybridized carbons (Fsp3) is 0.588. The zero-order valence-electron chi connectivity index (χ0n) is 14.7. The van der Waals surface area contributed by atoms with Crippen LogP contribution < -0.4 is 0 Å². The van der Waals surface area contributed by atoms with Gasteiger partial charge in [0.1, 0.15) is 29.8 Å². The predicted octanol–water partition coefficient (Wildman–Crippen LogP) is 2.42. The van der Waals surface area contributed by atoms with Gasteiger partial charge in [-0.3, -0.25) is 4.79 Å². The Morgan fingerprint density at radius 1 is 1.42 bits per heavy atom. The molecule has 0 saturated carbocycles. The summed E-state index contributed by atoms with van der Waals surface area (Å²) in [6, 6.07) is 1.96. The second kappa shape index (κ2) is 6.76. The Morgan fingerprint density at radius 3 is 2.88 bits per heavy atom. The highest BCUT2D eigenvalue weighted by Gasteiger charge is 2.29. The molecular formula is C17H24N4O3. The van der Waals surface area contributed by atoms with E-state index in [1.165, 1.54) is 0 Å². The second-order valence-corrected chi connectivity index (χ2v) is 6.31. The minimum absolute atomic E-state index is 0.0118. The van der Waals surface area contributed by atoms with Crippen molar-refractivity contribution in [1.82, 2.24) is 19.7 Å². The summed E-state index contributed by atoms with van der Waals surface area (Å²) < 4.78 is 12.6. The molecule has 1 atom stereocenters. The quantitative estimate of drug-likeness (QED) is 0.860. The molecule has 1 saturated heterocycles. The van der Waals surface area contributed by atoms with Gasteiger partial charge < -0.3 is 14.1 Å². The second-order valence-electron chi connectivity index (χ2n) is 6.31. The average molecular weight is 332 g/mol. The van der Waals surface area contributed by atoms with Gasteiger partial charge in [-0.05, 0) is 39.7 Å². The number of furan rings is 1. The van der Waals surface area contributed by atoms with Crippen LogP contribution >= 0.6 is 0 Å². The molecule has 0 unspecified atom stereocenters. The Labute approximate surface area is 141 Å². The van der Waals surface area contributed by atoms with Crippen LogP contribution in [0.3, 0.4) is 0 Å². The van der Waals surface area contributed by atoms with E-state index in [9.17, 15) is 4.79 Å². The molecule has 3 heterocycles. The van der Waals surface area contributed by atoms with Crippen molar-refractivity contribution in [2.45, 2.75) is 46.3 Å². The summed E-state index contributed by atoms with van der Waals surface area (Å²) in [7, 11) is 1.61. The Hall–Kier alpha value is -2.15. The number of rotatable bonds is 4. The molecule has 0 N–H and O–H groups in total. The van der Waals surface area contributed by atoms with Gasteiger partial charge in [0.25, 0.3) is 5.91 Å². The normalized spacial score (nSPS) is 18.2. The lowest BCUT2D eigenvalue weighted by molar-refractivity contribution is 0.0669. The van der Waals surface area contributed by atoms with Gasteiger partial charge in [0.15, 0.2) is 0 Å². The number of carbonyl (C=O) groups excluding carboxylic acids is 1. The molecule has 1 amide bonds. The van der Waals surface area contributed by atoms with Crippen LogP contribution in [-0.4, -0.2) is 45.8 Å². The van der Waals surface area contributed by atoms with Crippen molar-refractivity contribution in [1.29, 1.82) is 0 Å². The smallest absolute Gasteiger partial charge is 0.257 e. The molecule has 0 spiro atoms. The van der Waals surface area contributed by atoms with Crippen LogP contribution in [0.1, 0.15) is 52.4 Å². The first-order valence-electron chi connectivity index (χ1n) is 8.27. The summed E-state index contributed by atoms with van der Waals surface area (Å²) in [5.74, 6) is 2.99. The maximum absolute atomic E-state index is 12.9.